The molecule has 1 atom stereocenters. The summed E-state index contributed by atoms with van der Waals surface area (Å²) in [6, 6.07) is 5.48. The fourth-order valence-electron chi connectivity index (χ4n) is 3.32. The summed E-state index contributed by atoms with van der Waals surface area (Å²) in [7, 11) is 0. The first-order chi connectivity index (χ1) is 12.1. The van der Waals surface area contributed by atoms with E-state index < -0.39 is 0 Å². The number of carbonyl (C=O) groups is 2. The van der Waals surface area contributed by atoms with Crippen molar-refractivity contribution in [3.8, 4) is 5.75 Å². The van der Waals surface area contributed by atoms with Crippen LogP contribution >= 0.6 is 11.6 Å². The molecule has 6 nitrogen and oxygen atoms in total. The molecule has 136 valence electrons. The average Bonchev–Trinajstić information content (AvgIpc) is 2.63. The van der Waals surface area contributed by atoms with E-state index in [-0.39, 0.29) is 25.0 Å². The minimum atomic E-state index is -0.242. The van der Waals surface area contributed by atoms with Crippen LogP contribution in [0.2, 0.25) is 5.02 Å². The lowest BCUT2D eigenvalue weighted by Gasteiger charge is -2.33. The van der Waals surface area contributed by atoms with Gasteiger partial charge in [-0.05, 0) is 45.0 Å². The van der Waals surface area contributed by atoms with E-state index in [1.165, 1.54) is 24.2 Å². The number of halogens is 1. The van der Waals surface area contributed by atoms with E-state index in [4.69, 9.17) is 16.3 Å². The van der Waals surface area contributed by atoms with Gasteiger partial charge < -0.3 is 10.1 Å². The summed E-state index contributed by atoms with van der Waals surface area (Å²) in [6.07, 6.45) is 3.73. The van der Waals surface area contributed by atoms with Crippen molar-refractivity contribution in [2.45, 2.75) is 32.2 Å². The van der Waals surface area contributed by atoms with Crippen LogP contribution in [0.15, 0.2) is 18.2 Å². The molecular formula is C18H24ClN3O3. The minimum Gasteiger partial charge on any atom is -0.480 e. The molecule has 2 heterocycles. The van der Waals surface area contributed by atoms with E-state index in [9.17, 15) is 9.59 Å². The Morgan fingerprint density at radius 2 is 2.08 bits per heavy atom. The second kappa shape index (κ2) is 8.06. The van der Waals surface area contributed by atoms with Gasteiger partial charge in [-0.2, -0.15) is 0 Å². The van der Waals surface area contributed by atoms with Gasteiger partial charge in [0.15, 0.2) is 12.4 Å². The van der Waals surface area contributed by atoms with Gasteiger partial charge in [-0.15, -0.1) is 0 Å². The van der Waals surface area contributed by atoms with E-state index in [1.54, 1.807) is 18.2 Å². The fraction of sp³-hybridized carbons (Fsp3) is 0.556. The number of anilines is 1. The molecule has 2 amide bonds. The van der Waals surface area contributed by atoms with Gasteiger partial charge in [0.1, 0.15) is 6.54 Å². The number of nitrogens with zero attached hydrogens (tertiary/aromatic N) is 2. The summed E-state index contributed by atoms with van der Waals surface area (Å²) in [4.78, 5) is 28.3. The van der Waals surface area contributed by atoms with Crippen LogP contribution in [0.1, 0.15) is 26.2 Å². The van der Waals surface area contributed by atoms with Crippen molar-refractivity contribution < 1.29 is 14.3 Å². The third kappa shape index (κ3) is 4.25. The first-order valence-electron chi connectivity index (χ1n) is 8.78. The minimum absolute atomic E-state index is 0.0255. The first kappa shape index (κ1) is 18.0. The van der Waals surface area contributed by atoms with Crippen LogP contribution in [-0.2, 0) is 9.59 Å². The predicted molar refractivity (Wildman–Crippen MR) is 97.2 cm³/mol. The lowest BCUT2D eigenvalue weighted by Crippen LogP contribution is -2.48. The van der Waals surface area contributed by atoms with Gasteiger partial charge in [-0.3, -0.25) is 19.4 Å². The molecule has 1 unspecified atom stereocenters. The van der Waals surface area contributed by atoms with E-state index in [0.29, 0.717) is 29.0 Å². The molecule has 25 heavy (non-hydrogen) atoms. The van der Waals surface area contributed by atoms with Crippen molar-refractivity contribution in [1.29, 1.82) is 0 Å². The molecule has 7 heteroatoms. The molecule has 2 aliphatic heterocycles. The molecule has 0 spiro atoms. The van der Waals surface area contributed by atoms with Crippen LogP contribution in [-0.4, -0.2) is 55.5 Å². The van der Waals surface area contributed by atoms with Crippen LogP contribution in [0.5, 0.6) is 5.75 Å². The standard InChI is InChI=1S/C18H24ClN3O3/c1-13(21-8-3-2-4-9-21)10-20-16(23)11-22-15-7-5-6-14(19)18(15)25-12-17(22)24/h5-7,13H,2-4,8-12H2,1H3,(H,20,23). The van der Waals surface area contributed by atoms with Gasteiger partial charge in [0, 0.05) is 12.6 Å². The molecule has 1 saturated heterocycles. The third-order valence-corrected chi connectivity index (χ3v) is 5.09. The van der Waals surface area contributed by atoms with Crippen LogP contribution in [0.3, 0.4) is 0 Å². The van der Waals surface area contributed by atoms with Gasteiger partial charge in [-0.1, -0.05) is 24.1 Å². The maximum Gasteiger partial charge on any atom is 0.265 e. The Hall–Kier alpha value is -1.79. The van der Waals surface area contributed by atoms with Crippen LogP contribution in [0.25, 0.3) is 0 Å². The summed E-state index contributed by atoms with van der Waals surface area (Å²) in [6.45, 7) is 4.76. The number of nitrogens with one attached hydrogen (secondary N) is 1. The van der Waals surface area contributed by atoms with Gasteiger partial charge in [0.2, 0.25) is 5.91 Å². The monoisotopic (exact) mass is 365 g/mol. The van der Waals surface area contributed by atoms with Gasteiger partial charge >= 0.3 is 0 Å². The van der Waals surface area contributed by atoms with Gasteiger partial charge in [0.25, 0.3) is 5.91 Å². The number of likely N-dealkylation sites (tertiary alicyclic amines) is 1. The average molecular weight is 366 g/mol. The van der Waals surface area contributed by atoms with Crippen molar-refractivity contribution in [3.05, 3.63) is 23.2 Å². The first-order valence-corrected chi connectivity index (χ1v) is 9.16. The largest absolute Gasteiger partial charge is 0.480 e. The molecule has 0 saturated carbocycles. The highest BCUT2D eigenvalue weighted by Crippen LogP contribution is 2.37. The zero-order valence-electron chi connectivity index (χ0n) is 14.5. The SMILES string of the molecule is CC(CNC(=O)CN1C(=O)COc2c(Cl)cccc21)N1CCCCC1. The summed E-state index contributed by atoms with van der Waals surface area (Å²) in [5, 5.41) is 3.38. The molecule has 3 rings (SSSR count). The molecule has 0 radical (unpaired) electrons. The van der Waals surface area contributed by atoms with Gasteiger partial charge in [-0.25, -0.2) is 0 Å². The second-order valence-corrected chi connectivity index (χ2v) is 7.01. The number of rotatable bonds is 5. The molecule has 1 aromatic carbocycles. The van der Waals surface area contributed by atoms with Crippen molar-refractivity contribution in [3.63, 3.8) is 0 Å². The van der Waals surface area contributed by atoms with Gasteiger partial charge in [0.05, 0.1) is 10.7 Å². The Morgan fingerprint density at radius 3 is 2.84 bits per heavy atom. The van der Waals surface area contributed by atoms with Crippen LogP contribution in [0.4, 0.5) is 5.69 Å². The van der Waals surface area contributed by atoms with Crippen LogP contribution < -0.4 is 15.0 Å². The number of fused-ring (bicyclic) bond motifs is 1. The number of piperidine rings is 1. The molecule has 2 aliphatic rings. The van der Waals surface area contributed by atoms with E-state index >= 15 is 0 Å². The topological polar surface area (TPSA) is 61.9 Å². The molecular weight excluding hydrogens is 342 g/mol. The second-order valence-electron chi connectivity index (χ2n) is 6.61. The summed E-state index contributed by atoms with van der Waals surface area (Å²) < 4.78 is 5.39. The normalized spacial score (nSPS) is 19.1. The summed E-state index contributed by atoms with van der Waals surface area (Å²) in [5.41, 5.74) is 0.544. The van der Waals surface area contributed by atoms with E-state index in [0.717, 1.165) is 13.1 Å². The zero-order chi connectivity index (χ0) is 17.8. The summed E-state index contributed by atoms with van der Waals surface area (Å²) in [5.74, 6) is 0.0392. The van der Waals surface area contributed by atoms with E-state index in [1.807, 2.05) is 0 Å². The Morgan fingerprint density at radius 1 is 1.32 bits per heavy atom. The molecule has 0 aromatic heterocycles. The maximum absolute atomic E-state index is 12.3. The molecule has 1 aromatic rings. The summed E-state index contributed by atoms with van der Waals surface area (Å²) >= 11 is 6.11. The Bertz CT molecular complexity index is 646. The van der Waals surface area contributed by atoms with Crippen molar-refractivity contribution in [1.82, 2.24) is 10.2 Å². The lowest BCUT2D eigenvalue weighted by molar-refractivity contribution is -0.125. The number of hydrogen-bond donors (Lipinski definition) is 1. The number of amides is 2. The van der Waals surface area contributed by atoms with E-state index in [2.05, 4.69) is 17.1 Å². The highest BCUT2D eigenvalue weighted by atomic mass is 35.5. The maximum atomic E-state index is 12.3. The number of ether oxygens (including phenoxy) is 1. The third-order valence-electron chi connectivity index (χ3n) is 4.79. The Labute approximate surface area is 153 Å². The molecule has 0 aliphatic carbocycles. The Balaban J connectivity index is 1.57. The number of benzene rings is 1. The zero-order valence-corrected chi connectivity index (χ0v) is 15.2. The smallest absolute Gasteiger partial charge is 0.265 e. The predicted octanol–water partition coefficient (Wildman–Crippen LogP) is 2.06. The quantitative estimate of drug-likeness (QED) is 0.867. The lowest BCUT2D eigenvalue weighted by atomic mass is 10.1. The van der Waals surface area contributed by atoms with Crippen molar-refractivity contribution in [2.75, 3.05) is 37.7 Å². The van der Waals surface area contributed by atoms with Crippen LogP contribution in [0, 0.1) is 0 Å². The molecule has 1 fully saturated rings. The van der Waals surface area contributed by atoms with Crippen molar-refractivity contribution >= 4 is 29.1 Å². The number of hydrogen-bond acceptors (Lipinski definition) is 4. The highest BCUT2D eigenvalue weighted by Gasteiger charge is 2.28. The number of para-hydroxylation sites is 1. The fourth-order valence-corrected chi connectivity index (χ4v) is 3.55. The highest BCUT2D eigenvalue weighted by molar-refractivity contribution is 6.32. The Kier molecular flexibility index (Phi) is 5.81. The molecule has 1 N–H and O–H groups in total. The molecule has 0 bridgehead atoms. The van der Waals surface area contributed by atoms with Crippen molar-refractivity contribution in [2.24, 2.45) is 0 Å². The number of carbonyl (C=O) groups excluding carboxylic acids is 2.